The number of ether oxygens (including phenoxy) is 7. The van der Waals surface area contributed by atoms with E-state index in [2.05, 4.69) is 0 Å². The highest BCUT2D eigenvalue weighted by molar-refractivity contribution is 5.54. The number of methoxy groups -OCH3 is 5. The monoisotopic (exact) mass is 416 g/mol. The van der Waals surface area contributed by atoms with Crippen molar-refractivity contribution in [2.75, 3.05) is 48.8 Å². The van der Waals surface area contributed by atoms with Crippen LogP contribution in [0.25, 0.3) is 0 Å². The molecule has 2 saturated heterocycles. The second-order valence-electron chi connectivity index (χ2n) is 7.41. The van der Waals surface area contributed by atoms with E-state index in [1.165, 1.54) is 0 Å². The van der Waals surface area contributed by atoms with Gasteiger partial charge < -0.3 is 33.2 Å². The van der Waals surface area contributed by atoms with Gasteiger partial charge in [0.15, 0.2) is 23.0 Å². The van der Waals surface area contributed by atoms with E-state index in [1.54, 1.807) is 35.5 Å². The Morgan fingerprint density at radius 2 is 1.10 bits per heavy atom. The van der Waals surface area contributed by atoms with Crippen molar-refractivity contribution in [2.45, 2.75) is 12.2 Å². The summed E-state index contributed by atoms with van der Waals surface area (Å²) in [7, 11) is 8.10. The van der Waals surface area contributed by atoms with Crippen molar-refractivity contribution < 1.29 is 33.2 Å². The summed E-state index contributed by atoms with van der Waals surface area (Å²) < 4.78 is 39.7. The molecule has 0 aliphatic carbocycles. The molecule has 4 rings (SSSR count). The lowest BCUT2D eigenvalue weighted by Crippen LogP contribution is -2.15. The van der Waals surface area contributed by atoms with Crippen molar-refractivity contribution in [1.82, 2.24) is 0 Å². The smallest absolute Gasteiger partial charge is 0.203 e. The average Bonchev–Trinajstić information content (AvgIpc) is 3.39. The Hall–Kier alpha value is -2.64. The molecule has 162 valence electrons. The molecule has 2 aliphatic rings. The van der Waals surface area contributed by atoms with Crippen molar-refractivity contribution >= 4 is 0 Å². The molecule has 2 fully saturated rings. The van der Waals surface area contributed by atoms with Gasteiger partial charge in [-0.05, 0) is 35.4 Å². The van der Waals surface area contributed by atoms with E-state index in [-0.39, 0.29) is 24.0 Å². The van der Waals surface area contributed by atoms with Crippen LogP contribution in [-0.2, 0) is 9.47 Å². The lowest BCUT2D eigenvalue weighted by Gasteiger charge is -2.20. The number of hydrogen-bond acceptors (Lipinski definition) is 7. The molecule has 0 amide bonds. The minimum absolute atomic E-state index is 0.0538. The van der Waals surface area contributed by atoms with E-state index in [9.17, 15) is 0 Å². The van der Waals surface area contributed by atoms with Crippen LogP contribution in [0.5, 0.6) is 28.7 Å². The summed E-state index contributed by atoms with van der Waals surface area (Å²) in [5.41, 5.74) is 2.06. The second-order valence-corrected chi connectivity index (χ2v) is 7.41. The summed E-state index contributed by atoms with van der Waals surface area (Å²) in [5, 5.41) is 0. The first-order valence-corrected chi connectivity index (χ1v) is 9.90. The van der Waals surface area contributed by atoms with Crippen molar-refractivity contribution in [3.63, 3.8) is 0 Å². The van der Waals surface area contributed by atoms with Gasteiger partial charge in [0.1, 0.15) is 0 Å². The summed E-state index contributed by atoms with van der Waals surface area (Å²) in [6.07, 6.45) is -0.157. The van der Waals surface area contributed by atoms with Crippen LogP contribution >= 0.6 is 0 Å². The lowest BCUT2D eigenvalue weighted by molar-refractivity contribution is 0.0191. The first-order chi connectivity index (χ1) is 14.6. The fourth-order valence-electron chi connectivity index (χ4n) is 4.53. The van der Waals surface area contributed by atoms with Crippen LogP contribution < -0.4 is 23.7 Å². The molecule has 0 aromatic heterocycles. The van der Waals surface area contributed by atoms with Gasteiger partial charge in [0.05, 0.1) is 61.0 Å². The van der Waals surface area contributed by atoms with E-state index in [0.29, 0.717) is 42.0 Å². The van der Waals surface area contributed by atoms with Gasteiger partial charge in [0.25, 0.3) is 0 Å². The predicted molar refractivity (Wildman–Crippen MR) is 110 cm³/mol. The van der Waals surface area contributed by atoms with Gasteiger partial charge >= 0.3 is 0 Å². The second kappa shape index (κ2) is 8.62. The summed E-state index contributed by atoms with van der Waals surface area (Å²) >= 11 is 0. The predicted octanol–water partition coefficient (Wildman–Crippen LogP) is 3.80. The maximum atomic E-state index is 6.24. The highest BCUT2D eigenvalue weighted by atomic mass is 16.5. The van der Waals surface area contributed by atoms with Gasteiger partial charge in [0, 0.05) is 11.8 Å². The zero-order chi connectivity index (χ0) is 21.3. The Kier molecular flexibility index (Phi) is 5.92. The van der Waals surface area contributed by atoms with Crippen molar-refractivity contribution in [3.05, 3.63) is 41.5 Å². The Labute approximate surface area is 176 Å². The normalized spacial score (nSPS) is 25.0. The molecular formula is C23H28O7. The molecule has 2 aromatic rings. The Morgan fingerprint density at radius 3 is 1.60 bits per heavy atom. The van der Waals surface area contributed by atoms with Crippen LogP contribution in [0.2, 0.25) is 0 Å². The van der Waals surface area contributed by atoms with E-state index in [4.69, 9.17) is 33.2 Å². The zero-order valence-corrected chi connectivity index (χ0v) is 18.0. The molecule has 0 saturated carbocycles. The fourth-order valence-corrected chi connectivity index (χ4v) is 4.53. The van der Waals surface area contributed by atoms with Crippen molar-refractivity contribution in [3.8, 4) is 28.7 Å². The van der Waals surface area contributed by atoms with Crippen LogP contribution in [0.3, 0.4) is 0 Å². The van der Waals surface area contributed by atoms with Crippen LogP contribution in [0, 0.1) is 11.8 Å². The first kappa shape index (κ1) is 20.6. The number of hydrogen-bond donors (Lipinski definition) is 0. The molecule has 4 atom stereocenters. The summed E-state index contributed by atoms with van der Waals surface area (Å²) in [6.45, 7) is 1.23. The van der Waals surface area contributed by atoms with Crippen LogP contribution in [0.1, 0.15) is 23.3 Å². The van der Waals surface area contributed by atoms with Crippen molar-refractivity contribution in [1.29, 1.82) is 0 Å². The molecule has 30 heavy (non-hydrogen) atoms. The number of rotatable bonds is 7. The van der Waals surface area contributed by atoms with Gasteiger partial charge in [-0.15, -0.1) is 0 Å². The minimum Gasteiger partial charge on any atom is -0.493 e. The fraction of sp³-hybridized carbons (Fsp3) is 0.478. The Balaban J connectivity index is 1.61. The molecule has 0 N–H and O–H groups in total. The van der Waals surface area contributed by atoms with Gasteiger partial charge in [0.2, 0.25) is 5.75 Å². The quantitative estimate of drug-likeness (QED) is 0.680. The van der Waals surface area contributed by atoms with Crippen LogP contribution in [0.15, 0.2) is 30.3 Å². The third-order valence-corrected chi connectivity index (χ3v) is 6.02. The molecular weight excluding hydrogens is 388 g/mol. The van der Waals surface area contributed by atoms with Crippen LogP contribution in [-0.4, -0.2) is 48.8 Å². The summed E-state index contributed by atoms with van der Waals surface area (Å²) in [4.78, 5) is 0. The van der Waals surface area contributed by atoms with Gasteiger partial charge in [-0.25, -0.2) is 0 Å². The van der Waals surface area contributed by atoms with Gasteiger partial charge in [-0.1, -0.05) is 6.07 Å². The molecule has 2 aromatic carbocycles. The SMILES string of the molecule is COc1ccc([C@H]2OC[C@H]3[C@H]2CO[C@H]3c2cc(OC)c(OC)c(OC)c2)cc1OC. The minimum atomic E-state index is -0.103. The average molecular weight is 416 g/mol. The van der Waals surface area contributed by atoms with E-state index >= 15 is 0 Å². The van der Waals surface area contributed by atoms with Gasteiger partial charge in [-0.2, -0.15) is 0 Å². The van der Waals surface area contributed by atoms with E-state index < -0.39 is 0 Å². The molecule has 0 spiro atoms. The number of fused-ring (bicyclic) bond motifs is 1. The Bertz CT molecular complexity index is 872. The lowest BCUT2D eigenvalue weighted by atomic mass is 9.84. The Morgan fingerprint density at radius 1 is 0.600 bits per heavy atom. The van der Waals surface area contributed by atoms with Gasteiger partial charge in [-0.3, -0.25) is 0 Å². The number of benzene rings is 2. The van der Waals surface area contributed by atoms with Crippen LogP contribution in [0.4, 0.5) is 0 Å². The van der Waals surface area contributed by atoms with E-state index in [0.717, 1.165) is 11.1 Å². The van der Waals surface area contributed by atoms with Crippen molar-refractivity contribution in [2.24, 2.45) is 11.8 Å². The molecule has 7 nitrogen and oxygen atoms in total. The largest absolute Gasteiger partial charge is 0.493 e. The molecule has 2 aliphatic heterocycles. The topological polar surface area (TPSA) is 64.6 Å². The molecule has 0 unspecified atom stereocenters. The third-order valence-electron chi connectivity index (χ3n) is 6.02. The highest BCUT2D eigenvalue weighted by Crippen LogP contribution is 2.52. The molecule has 0 radical (unpaired) electrons. The summed E-state index contributed by atoms with van der Waals surface area (Å²) in [6, 6.07) is 9.84. The first-order valence-electron chi connectivity index (χ1n) is 9.90. The molecule has 7 heteroatoms. The summed E-state index contributed by atoms with van der Waals surface area (Å²) in [5.74, 6) is 3.68. The zero-order valence-electron chi connectivity index (χ0n) is 18.0. The highest BCUT2D eigenvalue weighted by Gasteiger charge is 2.48. The standard InChI is InChI=1S/C23H28O7/c1-24-17-7-6-13(8-18(17)25-2)21-15-11-30-22(16(15)12-29-21)14-9-19(26-3)23(28-5)20(10-14)27-4/h6-10,15-16,21-22H,11-12H2,1-5H3/t15-,16+,21-,22+/m1/s1. The molecule has 2 heterocycles. The third kappa shape index (κ3) is 3.42. The van der Waals surface area contributed by atoms with E-state index in [1.807, 2.05) is 30.3 Å². The maximum absolute atomic E-state index is 6.24. The molecule has 0 bridgehead atoms. The maximum Gasteiger partial charge on any atom is 0.203 e.